The molecular formula is C21H24F3N3O2. The van der Waals surface area contributed by atoms with E-state index in [-0.39, 0.29) is 18.4 Å². The molecule has 5 nitrogen and oxygen atoms in total. The van der Waals surface area contributed by atoms with Crippen LogP contribution in [0, 0.1) is 28.6 Å². The van der Waals surface area contributed by atoms with Gasteiger partial charge in [0.2, 0.25) is 5.91 Å². The average Bonchev–Trinajstić information content (AvgIpc) is 3.42. The van der Waals surface area contributed by atoms with Crippen LogP contribution in [-0.2, 0) is 11.0 Å². The van der Waals surface area contributed by atoms with Crippen LogP contribution in [0.3, 0.4) is 0 Å². The van der Waals surface area contributed by atoms with Gasteiger partial charge < -0.3 is 14.9 Å². The van der Waals surface area contributed by atoms with E-state index < -0.39 is 22.7 Å². The molecule has 1 aliphatic carbocycles. The first-order valence-corrected chi connectivity index (χ1v) is 10.0. The van der Waals surface area contributed by atoms with Crippen molar-refractivity contribution in [2.75, 3.05) is 37.7 Å². The van der Waals surface area contributed by atoms with Crippen LogP contribution in [0.1, 0.15) is 36.8 Å². The van der Waals surface area contributed by atoms with Crippen LogP contribution >= 0.6 is 0 Å². The van der Waals surface area contributed by atoms with Gasteiger partial charge in [0.05, 0.1) is 23.8 Å². The second-order valence-electron chi connectivity index (χ2n) is 8.67. The Labute approximate surface area is 167 Å². The molecule has 0 aromatic heterocycles. The number of carbonyl (C=O) groups is 1. The summed E-state index contributed by atoms with van der Waals surface area (Å²) in [6, 6.07) is 5.37. The zero-order valence-electron chi connectivity index (χ0n) is 16.1. The number of halogens is 3. The number of hydrogen-bond donors (Lipinski definition) is 1. The van der Waals surface area contributed by atoms with E-state index in [0.29, 0.717) is 50.6 Å². The first kappa shape index (κ1) is 20.0. The van der Waals surface area contributed by atoms with Crippen LogP contribution in [-0.4, -0.2) is 48.7 Å². The van der Waals surface area contributed by atoms with E-state index in [0.717, 1.165) is 18.9 Å². The number of likely N-dealkylation sites (tertiary alicyclic amines) is 1. The van der Waals surface area contributed by atoms with Gasteiger partial charge in [0, 0.05) is 49.6 Å². The van der Waals surface area contributed by atoms with Crippen molar-refractivity contribution in [3.8, 4) is 6.07 Å². The third-order valence-corrected chi connectivity index (χ3v) is 6.75. The monoisotopic (exact) mass is 407 g/mol. The highest BCUT2D eigenvalue weighted by Gasteiger charge is 2.50. The Balaban J connectivity index is 1.54. The zero-order valence-corrected chi connectivity index (χ0v) is 16.1. The van der Waals surface area contributed by atoms with Crippen molar-refractivity contribution >= 4 is 11.6 Å². The summed E-state index contributed by atoms with van der Waals surface area (Å²) in [6.07, 6.45) is -1.17. The summed E-state index contributed by atoms with van der Waals surface area (Å²) in [5, 5.41) is 19.1. The third kappa shape index (κ3) is 3.80. The van der Waals surface area contributed by atoms with Crippen molar-refractivity contribution in [1.82, 2.24) is 4.90 Å². The van der Waals surface area contributed by atoms with E-state index >= 15 is 0 Å². The number of anilines is 1. The summed E-state index contributed by atoms with van der Waals surface area (Å²) in [5.74, 6) is 0.663. The van der Waals surface area contributed by atoms with Crippen molar-refractivity contribution in [3.05, 3.63) is 29.3 Å². The molecule has 1 aromatic rings. The topological polar surface area (TPSA) is 67.6 Å². The van der Waals surface area contributed by atoms with E-state index in [1.54, 1.807) is 6.07 Å². The molecule has 2 saturated heterocycles. The zero-order chi connectivity index (χ0) is 20.8. The second kappa shape index (κ2) is 7.21. The van der Waals surface area contributed by atoms with Gasteiger partial charge in [-0.25, -0.2) is 0 Å². The first-order valence-electron chi connectivity index (χ1n) is 10.0. The van der Waals surface area contributed by atoms with Crippen molar-refractivity contribution in [2.24, 2.45) is 17.3 Å². The average molecular weight is 407 g/mol. The number of rotatable bonds is 4. The van der Waals surface area contributed by atoms with E-state index in [1.165, 1.54) is 12.1 Å². The Morgan fingerprint density at radius 3 is 2.69 bits per heavy atom. The molecule has 0 spiro atoms. The standard InChI is InChI=1S/C21H24F3N3O2/c22-21(23,24)18-8-17(4-3-15(18)9-25)27-11-16-10-26(19(29)7-14-1-2-14)6-5-20(16,12-27)13-28/h3-4,8,14,16,28H,1-2,5-7,10-13H2/t16-,20+/m1/s1. The summed E-state index contributed by atoms with van der Waals surface area (Å²) in [4.78, 5) is 16.2. The maximum absolute atomic E-state index is 13.3. The molecule has 1 N–H and O–H groups in total. The van der Waals surface area contributed by atoms with Crippen LogP contribution in [0.2, 0.25) is 0 Å². The Kier molecular flexibility index (Phi) is 4.97. The second-order valence-corrected chi connectivity index (χ2v) is 8.67. The van der Waals surface area contributed by atoms with Crippen molar-refractivity contribution in [2.45, 2.75) is 31.9 Å². The van der Waals surface area contributed by atoms with Crippen molar-refractivity contribution in [1.29, 1.82) is 5.26 Å². The summed E-state index contributed by atoms with van der Waals surface area (Å²) in [5.41, 5.74) is -1.35. The molecule has 2 atom stereocenters. The molecule has 1 amide bonds. The van der Waals surface area contributed by atoms with Gasteiger partial charge in [0.15, 0.2) is 0 Å². The summed E-state index contributed by atoms with van der Waals surface area (Å²) < 4.78 is 40.0. The van der Waals surface area contributed by atoms with E-state index in [1.807, 2.05) is 9.80 Å². The molecule has 0 radical (unpaired) electrons. The molecular weight excluding hydrogens is 383 g/mol. The number of nitrogens with zero attached hydrogens (tertiary/aromatic N) is 3. The molecule has 156 valence electrons. The minimum Gasteiger partial charge on any atom is -0.396 e. The molecule has 0 unspecified atom stereocenters. The van der Waals surface area contributed by atoms with Crippen LogP contribution in [0.4, 0.5) is 18.9 Å². The predicted octanol–water partition coefficient (Wildman–Crippen LogP) is 3.02. The number of amides is 1. The number of carbonyl (C=O) groups excluding carboxylic acids is 1. The van der Waals surface area contributed by atoms with Gasteiger partial charge in [-0.2, -0.15) is 18.4 Å². The van der Waals surface area contributed by atoms with Gasteiger partial charge in [-0.1, -0.05) is 0 Å². The van der Waals surface area contributed by atoms with E-state index in [9.17, 15) is 23.1 Å². The quantitative estimate of drug-likeness (QED) is 0.833. The first-order chi connectivity index (χ1) is 13.8. The van der Waals surface area contributed by atoms with Crippen molar-refractivity contribution in [3.63, 3.8) is 0 Å². The fourth-order valence-electron chi connectivity index (χ4n) is 4.72. The number of piperidine rings is 1. The minimum atomic E-state index is -4.60. The SMILES string of the molecule is N#Cc1ccc(N2C[C@H]3CN(C(=O)CC4CC4)CC[C@@]3(CO)C2)cc1C(F)(F)F. The van der Waals surface area contributed by atoms with Gasteiger partial charge in [0.25, 0.3) is 0 Å². The molecule has 3 fully saturated rings. The van der Waals surface area contributed by atoms with E-state index in [2.05, 4.69) is 0 Å². The highest BCUT2D eigenvalue weighted by Crippen LogP contribution is 2.45. The Bertz CT molecular complexity index is 847. The summed E-state index contributed by atoms with van der Waals surface area (Å²) in [6.45, 7) is 1.99. The lowest BCUT2D eigenvalue weighted by atomic mass is 9.73. The number of nitriles is 1. The highest BCUT2D eigenvalue weighted by atomic mass is 19.4. The number of benzene rings is 1. The number of alkyl halides is 3. The molecule has 29 heavy (non-hydrogen) atoms. The van der Waals surface area contributed by atoms with Crippen LogP contribution < -0.4 is 4.90 Å². The lowest BCUT2D eigenvalue weighted by molar-refractivity contribution is -0.138. The largest absolute Gasteiger partial charge is 0.417 e. The fourth-order valence-corrected chi connectivity index (χ4v) is 4.72. The molecule has 1 saturated carbocycles. The number of aliphatic hydroxyl groups excluding tert-OH is 1. The molecule has 1 aromatic carbocycles. The molecule has 3 aliphatic rings. The van der Waals surface area contributed by atoms with Gasteiger partial charge in [-0.3, -0.25) is 4.79 Å². The third-order valence-electron chi connectivity index (χ3n) is 6.75. The predicted molar refractivity (Wildman–Crippen MR) is 99.9 cm³/mol. The normalized spacial score (nSPS) is 26.9. The Hall–Kier alpha value is -2.27. The molecule has 4 rings (SSSR count). The molecule has 8 heteroatoms. The van der Waals surface area contributed by atoms with Gasteiger partial charge in [-0.15, -0.1) is 0 Å². The van der Waals surface area contributed by atoms with Crippen LogP contribution in [0.5, 0.6) is 0 Å². The van der Waals surface area contributed by atoms with Gasteiger partial charge >= 0.3 is 6.18 Å². The Morgan fingerprint density at radius 1 is 1.31 bits per heavy atom. The Morgan fingerprint density at radius 2 is 2.07 bits per heavy atom. The fraction of sp³-hybridized carbons (Fsp3) is 0.619. The minimum absolute atomic E-state index is 0.00869. The van der Waals surface area contributed by atoms with Gasteiger partial charge in [-0.05, 0) is 43.4 Å². The lowest BCUT2D eigenvalue weighted by Crippen LogP contribution is -2.50. The number of hydrogen-bond acceptors (Lipinski definition) is 4. The smallest absolute Gasteiger partial charge is 0.396 e. The van der Waals surface area contributed by atoms with E-state index in [4.69, 9.17) is 5.26 Å². The summed E-state index contributed by atoms with van der Waals surface area (Å²) >= 11 is 0. The van der Waals surface area contributed by atoms with Crippen LogP contribution in [0.15, 0.2) is 18.2 Å². The summed E-state index contributed by atoms with van der Waals surface area (Å²) in [7, 11) is 0. The lowest BCUT2D eigenvalue weighted by Gasteiger charge is -2.42. The maximum atomic E-state index is 13.3. The van der Waals surface area contributed by atoms with Gasteiger partial charge in [0.1, 0.15) is 0 Å². The van der Waals surface area contributed by atoms with Crippen LogP contribution in [0.25, 0.3) is 0 Å². The number of aliphatic hydroxyl groups is 1. The van der Waals surface area contributed by atoms with Crippen molar-refractivity contribution < 1.29 is 23.1 Å². The molecule has 2 aliphatic heterocycles. The molecule has 2 heterocycles. The molecule has 0 bridgehead atoms. The maximum Gasteiger partial charge on any atom is 0.417 e. The highest BCUT2D eigenvalue weighted by molar-refractivity contribution is 5.77. The number of fused-ring (bicyclic) bond motifs is 1.